The molecule has 0 atom stereocenters. The first-order valence-corrected chi connectivity index (χ1v) is 4.53. The molecule has 0 aliphatic rings. The predicted octanol–water partition coefficient (Wildman–Crippen LogP) is 3.51. The minimum absolute atomic E-state index is 0.601. The second kappa shape index (κ2) is 3.02. The summed E-state index contributed by atoms with van der Waals surface area (Å²) < 4.78 is 39.1. The largest absolute Gasteiger partial charge is 0.416 e. The van der Waals surface area contributed by atoms with Gasteiger partial charge in [-0.05, 0) is 30.5 Å². The van der Waals surface area contributed by atoms with E-state index in [-0.39, 0.29) is 0 Å². The molecule has 0 saturated carbocycles. The lowest BCUT2D eigenvalue weighted by Crippen LogP contribution is -2.04. The van der Waals surface area contributed by atoms with Crippen molar-refractivity contribution in [2.24, 2.45) is 7.05 Å². The molecule has 2 aromatic rings. The first-order chi connectivity index (χ1) is 6.89. The number of alkyl halides is 3. The van der Waals surface area contributed by atoms with Crippen LogP contribution in [0.1, 0.15) is 11.3 Å². The Labute approximate surface area is 85.1 Å². The normalized spacial score (nSPS) is 12.3. The van der Waals surface area contributed by atoms with Crippen molar-refractivity contribution in [1.82, 2.24) is 4.57 Å². The van der Waals surface area contributed by atoms with Gasteiger partial charge in [-0.25, -0.2) is 0 Å². The molecule has 80 valence electrons. The zero-order chi connectivity index (χ0) is 11.2. The molecule has 1 heterocycles. The van der Waals surface area contributed by atoms with Crippen molar-refractivity contribution in [1.29, 1.82) is 0 Å². The molecular formula is C11H10F3N. The lowest BCUT2D eigenvalue weighted by atomic mass is 10.1. The lowest BCUT2D eigenvalue weighted by molar-refractivity contribution is -0.137. The predicted molar refractivity (Wildman–Crippen MR) is 52.7 cm³/mol. The third-order valence-electron chi connectivity index (χ3n) is 2.61. The molecule has 0 aliphatic heterocycles. The molecule has 0 bridgehead atoms. The van der Waals surface area contributed by atoms with Crippen LogP contribution < -0.4 is 0 Å². The minimum Gasteiger partial charge on any atom is -0.348 e. The fourth-order valence-corrected chi connectivity index (χ4v) is 1.64. The summed E-state index contributed by atoms with van der Waals surface area (Å²) in [6.07, 6.45) is -4.27. The quantitative estimate of drug-likeness (QED) is 0.631. The van der Waals surface area contributed by atoms with Gasteiger partial charge >= 0.3 is 6.18 Å². The Kier molecular flexibility index (Phi) is 2.03. The maximum atomic E-state index is 12.4. The Morgan fingerprint density at radius 3 is 2.40 bits per heavy atom. The second-order valence-electron chi connectivity index (χ2n) is 3.62. The van der Waals surface area contributed by atoms with Crippen LogP contribution in [0.4, 0.5) is 13.2 Å². The molecule has 0 saturated heterocycles. The first kappa shape index (κ1) is 10.1. The fourth-order valence-electron chi connectivity index (χ4n) is 1.64. The SMILES string of the molecule is Cc1cc2ccc(C(F)(F)F)cc2n1C. The van der Waals surface area contributed by atoms with Gasteiger partial charge in [-0.15, -0.1) is 0 Å². The van der Waals surface area contributed by atoms with E-state index in [1.807, 2.05) is 13.0 Å². The number of aryl methyl sites for hydroxylation is 2. The molecule has 1 nitrogen and oxygen atoms in total. The lowest BCUT2D eigenvalue weighted by Gasteiger charge is -2.07. The minimum atomic E-state index is -4.27. The summed E-state index contributed by atoms with van der Waals surface area (Å²) in [5.41, 5.74) is 0.961. The number of fused-ring (bicyclic) bond motifs is 1. The first-order valence-electron chi connectivity index (χ1n) is 4.53. The number of rotatable bonds is 0. The van der Waals surface area contributed by atoms with Gasteiger partial charge < -0.3 is 4.57 Å². The van der Waals surface area contributed by atoms with Gasteiger partial charge in [0, 0.05) is 18.3 Å². The summed E-state index contributed by atoms with van der Waals surface area (Å²) in [7, 11) is 1.76. The molecule has 1 aromatic carbocycles. The summed E-state index contributed by atoms with van der Waals surface area (Å²) in [6.45, 7) is 1.87. The van der Waals surface area contributed by atoms with E-state index in [4.69, 9.17) is 0 Å². The van der Waals surface area contributed by atoms with Gasteiger partial charge in [0.05, 0.1) is 5.56 Å². The van der Waals surface area contributed by atoms with Crippen LogP contribution in [0.25, 0.3) is 10.9 Å². The Hall–Kier alpha value is -1.45. The Morgan fingerprint density at radius 2 is 1.80 bits per heavy atom. The summed E-state index contributed by atoms with van der Waals surface area (Å²) in [5.74, 6) is 0. The maximum Gasteiger partial charge on any atom is 0.416 e. The summed E-state index contributed by atoms with van der Waals surface area (Å²) in [5, 5.41) is 0.836. The Bertz CT molecular complexity index is 508. The molecule has 0 N–H and O–H groups in total. The number of benzene rings is 1. The Balaban J connectivity index is 2.70. The van der Waals surface area contributed by atoms with Crippen molar-refractivity contribution in [3.63, 3.8) is 0 Å². The van der Waals surface area contributed by atoms with Gasteiger partial charge in [-0.3, -0.25) is 0 Å². The highest BCUT2D eigenvalue weighted by Gasteiger charge is 2.30. The van der Waals surface area contributed by atoms with Crippen molar-refractivity contribution >= 4 is 10.9 Å². The van der Waals surface area contributed by atoms with E-state index in [0.29, 0.717) is 5.52 Å². The van der Waals surface area contributed by atoms with Gasteiger partial charge in [0.1, 0.15) is 0 Å². The molecule has 4 heteroatoms. The fraction of sp³-hybridized carbons (Fsp3) is 0.273. The highest BCUT2D eigenvalue weighted by molar-refractivity contribution is 5.82. The number of aromatic nitrogens is 1. The topological polar surface area (TPSA) is 4.93 Å². The van der Waals surface area contributed by atoms with Crippen LogP contribution in [-0.4, -0.2) is 4.57 Å². The van der Waals surface area contributed by atoms with E-state index in [2.05, 4.69) is 0 Å². The standard InChI is InChI=1S/C11H10F3N/c1-7-5-8-3-4-9(11(12,13)14)6-10(8)15(7)2/h3-6H,1-2H3. The highest BCUT2D eigenvalue weighted by atomic mass is 19.4. The number of hydrogen-bond acceptors (Lipinski definition) is 0. The van der Waals surface area contributed by atoms with E-state index < -0.39 is 11.7 Å². The number of halogens is 3. The molecular weight excluding hydrogens is 203 g/mol. The molecule has 0 amide bonds. The Morgan fingerprint density at radius 1 is 1.13 bits per heavy atom. The third-order valence-corrected chi connectivity index (χ3v) is 2.61. The van der Waals surface area contributed by atoms with Gasteiger partial charge in [0.2, 0.25) is 0 Å². The zero-order valence-corrected chi connectivity index (χ0v) is 8.39. The summed E-state index contributed by atoms with van der Waals surface area (Å²) in [6, 6.07) is 5.67. The summed E-state index contributed by atoms with van der Waals surface area (Å²) >= 11 is 0. The molecule has 1 aromatic heterocycles. The molecule has 0 spiro atoms. The molecule has 2 rings (SSSR count). The number of hydrogen-bond donors (Lipinski definition) is 0. The van der Waals surface area contributed by atoms with E-state index in [0.717, 1.165) is 17.1 Å². The van der Waals surface area contributed by atoms with E-state index in [1.54, 1.807) is 11.6 Å². The second-order valence-corrected chi connectivity index (χ2v) is 3.62. The molecule has 0 unspecified atom stereocenters. The van der Waals surface area contributed by atoms with Crippen LogP contribution in [0.3, 0.4) is 0 Å². The van der Waals surface area contributed by atoms with Crippen molar-refractivity contribution in [2.45, 2.75) is 13.1 Å². The van der Waals surface area contributed by atoms with Crippen molar-refractivity contribution in [2.75, 3.05) is 0 Å². The van der Waals surface area contributed by atoms with Crippen LogP contribution in [0.5, 0.6) is 0 Å². The van der Waals surface area contributed by atoms with Crippen LogP contribution in [0, 0.1) is 6.92 Å². The van der Waals surface area contributed by atoms with Crippen LogP contribution in [0.15, 0.2) is 24.3 Å². The van der Waals surface area contributed by atoms with Gasteiger partial charge in [0.25, 0.3) is 0 Å². The summed E-state index contributed by atoms with van der Waals surface area (Å²) in [4.78, 5) is 0. The van der Waals surface area contributed by atoms with Gasteiger partial charge in [-0.2, -0.15) is 13.2 Å². The van der Waals surface area contributed by atoms with Crippen LogP contribution in [0.2, 0.25) is 0 Å². The number of nitrogens with zero attached hydrogens (tertiary/aromatic N) is 1. The monoisotopic (exact) mass is 213 g/mol. The maximum absolute atomic E-state index is 12.4. The zero-order valence-electron chi connectivity index (χ0n) is 8.39. The van der Waals surface area contributed by atoms with Gasteiger partial charge in [-0.1, -0.05) is 6.07 Å². The van der Waals surface area contributed by atoms with E-state index in [1.165, 1.54) is 12.1 Å². The van der Waals surface area contributed by atoms with Gasteiger partial charge in [0.15, 0.2) is 0 Å². The average molecular weight is 213 g/mol. The molecule has 0 fully saturated rings. The molecule has 0 radical (unpaired) electrons. The molecule has 0 aliphatic carbocycles. The van der Waals surface area contributed by atoms with Crippen molar-refractivity contribution < 1.29 is 13.2 Å². The van der Waals surface area contributed by atoms with Crippen LogP contribution in [-0.2, 0) is 13.2 Å². The average Bonchev–Trinajstić information content (AvgIpc) is 2.41. The van der Waals surface area contributed by atoms with E-state index >= 15 is 0 Å². The third kappa shape index (κ3) is 1.60. The molecule has 15 heavy (non-hydrogen) atoms. The van der Waals surface area contributed by atoms with Crippen molar-refractivity contribution in [3.05, 3.63) is 35.5 Å². The smallest absolute Gasteiger partial charge is 0.348 e. The van der Waals surface area contributed by atoms with E-state index in [9.17, 15) is 13.2 Å². The van der Waals surface area contributed by atoms with Crippen LogP contribution >= 0.6 is 0 Å². The van der Waals surface area contributed by atoms with Crippen molar-refractivity contribution in [3.8, 4) is 0 Å². The highest BCUT2D eigenvalue weighted by Crippen LogP contribution is 2.31.